The first-order valence-electron chi connectivity index (χ1n) is 6.11. The van der Waals surface area contributed by atoms with E-state index in [0.717, 1.165) is 18.7 Å². The van der Waals surface area contributed by atoms with E-state index >= 15 is 0 Å². The second-order valence-electron chi connectivity index (χ2n) is 3.72. The van der Waals surface area contributed by atoms with Crippen LogP contribution in [0.4, 0.5) is 0 Å². The van der Waals surface area contributed by atoms with E-state index in [4.69, 9.17) is 11.6 Å². The summed E-state index contributed by atoms with van der Waals surface area (Å²) in [5.41, 5.74) is 0. The van der Waals surface area contributed by atoms with Gasteiger partial charge in [0.2, 0.25) is 0 Å². The molecule has 0 aromatic carbocycles. The molecule has 0 rings (SSSR count). The van der Waals surface area contributed by atoms with Crippen LogP contribution in [0.5, 0.6) is 0 Å². The van der Waals surface area contributed by atoms with Gasteiger partial charge >= 0.3 is 0 Å². The zero-order valence-electron chi connectivity index (χ0n) is 9.90. The van der Waals surface area contributed by atoms with Crippen molar-refractivity contribution in [2.45, 2.75) is 58.3 Å². The van der Waals surface area contributed by atoms with Gasteiger partial charge in [-0.25, -0.2) is 0 Å². The molecule has 0 spiro atoms. The Morgan fingerprint density at radius 2 is 1.87 bits per heavy atom. The van der Waals surface area contributed by atoms with E-state index in [2.05, 4.69) is 24.8 Å². The molecule has 0 N–H and O–H groups in total. The molecular formula is C14H23Cl. The van der Waals surface area contributed by atoms with Gasteiger partial charge in [-0.2, -0.15) is 0 Å². The molecule has 0 amide bonds. The van der Waals surface area contributed by atoms with Crippen molar-refractivity contribution >= 4 is 11.6 Å². The molecule has 0 aliphatic heterocycles. The Hall–Kier alpha value is -0.410. The Bertz CT molecular complexity index is 195. The van der Waals surface area contributed by atoms with Crippen LogP contribution in [0.1, 0.15) is 58.3 Å². The molecule has 0 fully saturated rings. The number of alkyl halides is 1. The Morgan fingerprint density at radius 3 is 2.60 bits per heavy atom. The molecule has 0 aliphatic rings. The Kier molecular flexibility index (Phi) is 13.2. The maximum atomic E-state index is 5.59. The van der Waals surface area contributed by atoms with Crippen molar-refractivity contribution in [1.29, 1.82) is 0 Å². The summed E-state index contributed by atoms with van der Waals surface area (Å²) < 4.78 is 0. The van der Waals surface area contributed by atoms with E-state index < -0.39 is 0 Å². The van der Waals surface area contributed by atoms with Crippen LogP contribution in [0, 0.1) is 11.8 Å². The Morgan fingerprint density at radius 1 is 1.07 bits per heavy atom. The van der Waals surface area contributed by atoms with Gasteiger partial charge in [-0.15, -0.1) is 11.6 Å². The van der Waals surface area contributed by atoms with Gasteiger partial charge in [-0.3, -0.25) is 0 Å². The van der Waals surface area contributed by atoms with Gasteiger partial charge < -0.3 is 0 Å². The Balaban J connectivity index is 3.19. The smallest absolute Gasteiger partial charge is 0.0223 e. The fourth-order valence-corrected chi connectivity index (χ4v) is 1.45. The molecule has 0 unspecified atom stereocenters. The lowest BCUT2D eigenvalue weighted by Gasteiger charge is -1.93. The summed E-state index contributed by atoms with van der Waals surface area (Å²) in [4.78, 5) is 0. The zero-order valence-corrected chi connectivity index (χ0v) is 10.7. The molecule has 0 aromatic rings. The SMILES string of the molecule is CCCCC=CC#CCCCCCCCl. The topological polar surface area (TPSA) is 0 Å². The van der Waals surface area contributed by atoms with Gasteiger partial charge in [0.15, 0.2) is 0 Å². The second-order valence-corrected chi connectivity index (χ2v) is 4.10. The number of allylic oxidation sites excluding steroid dienone is 2. The first kappa shape index (κ1) is 14.6. The first-order chi connectivity index (χ1) is 7.41. The van der Waals surface area contributed by atoms with Crippen LogP contribution < -0.4 is 0 Å². The van der Waals surface area contributed by atoms with Crippen molar-refractivity contribution in [3.63, 3.8) is 0 Å². The van der Waals surface area contributed by atoms with Gasteiger partial charge in [-0.1, -0.05) is 50.5 Å². The maximum Gasteiger partial charge on any atom is 0.0223 e. The summed E-state index contributed by atoms with van der Waals surface area (Å²) in [6, 6.07) is 0. The van der Waals surface area contributed by atoms with Crippen molar-refractivity contribution in [2.75, 3.05) is 5.88 Å². The number of hydrogen-bond donors (Lipinski definition) is 0. The summed E-state index contributed by atoms with van der Waals surface area (Å²) >= 11 is 5.59. The molecule has 0 radical (unpaired) electrons. The molecule has 15 heavy (non-hydrogen) atoms. The van der Waals surface area contributed by atoms with E-state index in [0.29, 0.717) is 0 Å². The quantitative estimate of drug-likeness (QED) is 0.313. The second kappa shape index (κ2) is 13.6. The van der Waals surface area contributed by atoms with Crippen molar-refractivity contribution < 1.29 is 0 Å². The van der Waals surface area contributed by atoms with Crippen molar-refractivity contribution in [3.8, 4) is 11.8 Å². The molecule has 0 saturated heterocycles. The molecule has 1 heteroatoms. The molecule has 0 nitrogen and oxygen atoms in total. The fourth-order valence-electron chi connectivity index (χ4n) is 1.26. The van der Waals surface area contributed by atoms with Crippen LogP contribution in [0.15, 0.2) is 12.2 Å². The maximum absolute atomic E-state index is 5.59. The molecule has 0 aromatic heterocycles. The Labute approximate surface area is 100 Å². The summed E-state index contributed by atoms with van der Waals surface area (Å²) in [5.74, 6) is 7.05. The normalized spacial score (nSPS) is 10.3. The van der Waals surface area contributed by atoms with Gasteiger partial charge in [0.1, 0.15) is 0 Å². The van der Waals surface area contributed by atoms with E-state index in [-0.39, 0.29) is 0 Å². The van der Waals surface area contributed by atoms with E-state index in [1.54, 1.807) is 0 Å². The molecule has 0 bridgehead atoms. The lowest BCUT2D eigenvalue weighted by molar-refractivity contribution is 0.682. The molecular weight excluding hydrogens is 204 g/mol. The molecule has 86 valence electrons. The van der Waals surface area contributed by atoms with Crippen molar-refractivity contribution in [3.05, 3.63) is 12.2 Å². The minimum Gasteiger partial charge on any atom is -0.127 e. The summed E-state index contributed by atoms with van der Waals surface area (Å²) in [6.07, 6.45) is 13.8. The molecule has 0 heterocycles. The minimum absolute atomic E-state index is 0.797. The number of rotatable bonds is 8. The zero-order chi connectivity index (χ0) is 11.2. The van der Waals surface area contributed by atoms with Crippen LogP contribution >= 0.6 is 11.6 Å². The molecule has 0 saturated carbocycles. The highest BCUT2D eigenvalue weighted by molar-refractivity contribution is 6.17. The molecule has 0 aliphatic carbocycles. The van der Waals surface area contributed by atoms with Crippen LogP contribution in [-0.2, 0) is 0 Å². The number of unbranched alkanes of at least 4 members (excludes halogenated alkanes) is 6. The van der Waals surface area contributed by atoms with Crippen LogP contribution in [0.2, 0.25) is 0 Å². The lowest BCUT2D eigenvalue weighted by Crippen LogP contribution is -1.77. The highest BCUT2D eigenvalue weighted by Crippen LogP contribution is 2.02. The number of halogens is 1. The lowest BCUT2D eigenvalue weighted by atomic mass is 10.1. The van der Waals surface area contributed by atoms with Crippen LogP contribution in [0.3, 0.4) is 0 Å². The van der Waals surface area contributed by atoms with E-state index in [9.17, 15) is 0 Å². The predicted octanol–water partition coefficient (Wildman–Crippen LogP) is 4.93. The van der Waals surface area contributed by atoms with Gasteiger partial charge in [0, 0.05) is 12.3 Å². The van der Waals surface area contributed by atoms with Gasteiger partial charge in [0.25, 0.3) is 0 Å². The molecule has 0 atom stereocenters. The van der Waals surface area contributed by atoms with Gasteiger partial charge in [-0.05, 0) is 25.3 Å². The minimum atomic E-state index is 0.797. The third kappa shape index (κ3) is 13.6. The highest BCUT2D eigenvalue weighted by Gasteiger charge is 1.86. The van der Waals surface area contributed by atoms with Gasteiger partial charge in [0.05, 0.1) is 0 Å². The predicted molar refractivity (Wildman–Crippen MR) is 70.2 cm³/mol. The van der Waals surface area contributed by atoms with Crippen LogP contribution in [-0.4, -0.2) is 5.88 Å². The number of hydrogen-bond acceptors (Lipinski definition) is 0. The third-order valence-electron chi connectivity index (χ3n) is 2.21. The highest BCUT2D eigenvalue weighted by atomic mass is 35.5. The summed E-state index contributed by atoms with van der Waals surface area (Å²) in [7, 11) is 0. The summed E-state index contributed by atoms with van der Waals surface area (Å²) in [6.45, 7) is 2.21. The van der Waals surface area contributed by atoms with Crippen molar-refractivity contribution in [2.24, 2.45) is 0 Å². The monoisotopic (exact) mass is 226 g/mol. The third-order valence-corrected chi connectivity index (χ3v) is 2.48. The summed E-state index contributed by atoms with van der Waals surface area (Å²) in [5, 5.41) is 0. The van der Waals surface area contributed by atoms with E-state index in [1.165, 1.54) is 38.5 Å². The standard InChI is InChI=1S/C14H23Cl/c1-2-3-4-5-6-7-8-9-10-11-12-13-14-15/h5-6H,2-4,9-14H2,1H3. The van der Waals surface area contributed by atoms with E-state index in [1.807, 2.05) is 6.08 Å². The average molecular weight is 227 g/mol. The largest absolute Gasteiger partial charge is 0.127 e. The van der Waals surface area contributed by atoms with Crippen molar-refractivity contribution in [1.82, 2.24) is 0 Å². The van der Waals surface area contributed by atoms with Crippen LogP contribution in [0.25, 0.3) is 0 Å². The fraction of sp³-hybridized carbons (Fsp3) is 0.714. The average Bonchev–Trinajstić information content (AvgIpc) is 2.26. The first-order valence-corrected chi connectivity index (χ1v) is 6.64.